The fourth-order valence-corrected chi connectivity index (χ4v) is 1.59. The molecule has 0 saturated carbocycles. The van der Waals surface area contributed by atoms with E-state index >= 15 is 0 Å². The second kappa shape index (κ2) is 5.72. The van der Waals surface area contributed by atoms with Crippen LogP contribution >= 0.6 is 0 Å². The number of aryl methyl sites for hydroxylation is 1. The lowest BCUT2D eigenvalue weighted by Gasteiger charge is -2.07. The van der Waals surface area contributed by atoms with E-state index in [9.17, 15) is 4.79 Å². The van der Waals surface area contributed by atoms with Crippen LogP contribution in [0, 0.1) is 0 Å². The highest BCUT2D eigenvalue weighted by molar-refractivity contribution is 6.58. The normalized spacial score (nSPS) is 10.5. The topological polar surface area (TPSA) is 89.5 Å². The van der Waals surface area contributed by atoms with Crippen molar-refractivity contribution in [1.29, 1.82) is 0 Å². The fourth-order valence-electron chi connectivity index (χ4n) is 1.59. The third kappa shape index (κ3) is 3.24. The third-order valence-electron chi connectivity index (χ3n) is 2.61. The second-order valence-corrected chi connectivity index (χ2v) is 4.04. The molecule has 8 heteroatoms. The molecule has 0 spiro atoms. The van der Waals surface area contributed by atoms with Gasteiger partial charge < -0.3 is 14.8 Å². The van der Waals surface area contributed by atoms with E-state index < -0.39 is 7.12 Å². The molecular weight excluding hydrogens is 249 g/mol. The Morgan fingerprint density at radius 1 is 1.42 bits per heavy atom. The Kier molecular flexibility index (Phi) is 4.03. The first-order valence-electron chi connectivity index (χ1n) is 5.75. The lowest BCUT2D eigenvalue weighted by Crippen LogP contribution is -2.29. The molecule has 0 saturated heterocycles. The summed E-state index contributed by atoms with van der Waals surface area (Å²) in [6, 6.07) is 6.48. The number of benzene rings is 1. The van der Waals surface area contributed by atoms with E-state index in [1.807, 2.05) is 0 Å². The summed E-state index contributed by atoms with van der Waals surface area (Å²) in [5, 5.41) is 22.0. The number of rotatable bonds is 5. The molecule has 0 bridgehead atoms. The number of aromatic nitrogens is 3. The first-order valence-corrected chi connectivity index (χ1v) is 5.75. The lowest BCUT2D eigenvalue weighted by atomic mass is 9.80. The van der Waals surface area contributed by atoms with Crippen LogP contribution < -0.4 is 15.9 Å². The summed E-state index contributed by atoms with van der Waals surface area (Å²) in [7, 11) is 0.0978. The van der Waals surface area contributed by atoms with Crippen LogP contribution in [-0.2, 0) is 13.6 Å². The third-order valence-corrected chi connectivity index (χ3v) is 2.61. The number of hydrogen-bond donors (Lipinski definition) is 2. The summed E-state index contributed by atoms with van der Waals surface area (Å²) in [5.74, 6) is 0.509. The molecule has 1 heterocycles. The van der Waals surface area contributed by atoms with Crippen molar-refractivity contribution in [3.05, 3.63) is 41.1 Å². The molecule has 2 rings (SSSR count). The van der Waals surface area contributed by atoms with Gasteiger partial charge in [-0.15, -0.1) is 0 Å². The zero-order chi connectivity index (χ0) is 13.8. The Hall–Kier alpha value is -2.06. The minimum absolute atomic E-state index is 0.205. The van der Waals surface area contributed by atoms with E-state index in [0.29, 0.717) is 17.8 Å². The molecule has 2 N–H and O–H groups in total. The maximum atomic E-state index is 11.5. The largest absolute Gasteiger partial charge is 0.492 e. The van der Waals surface area contributed by atoms with E-state index in [2.05, 4.69) is 5.10 Å². The Morgan fingerprint density at radius 2 is 2.21 bits per heavy atom. The van der Waals surface area contributed by atoms with Crippen LogP contribution in [0.15, 0.2) is 35.4 Å². The summed E-state index contributed by atoms with van der Waals surface area (Å²) < 4.78 is 8.11. The summed E-state index contributed by atoms with van der Waals surface area (Å²) in [6.45, 7) is 0.591. The van der Waals surface area contributed by atoms with Crippen LogP contribution in [0.5, 0.6) is 5.75 Å². The standard InChI is InChI=1S/C11H14BN3O4/c1-14-8-13-15(11(14)16)5-6-19-10-4-2-3-9(7-10)12(17)18/h2-4,7-8,17-18H,5-6H2,1H3. The van der Waals surface area contributed by atoms with Crippen molar-refractivity contribution in [1.82, 2.24) is 14.3 Å². The Balaban J connectivity index is 1.94. The van der Waals surface area contributed by atoms with Crippen LogP contribution in [0.2, 0.25) is 0 Å². The molecular formula is C11H14BN3O4. The molecule has 100 valence electrons. The van der Waals surface area contributed by atoms with Gasteiger partial charge in [0.05, 0.1) is 6.54 Å². The van der Waals surface area contributed by atoms with E-state index in [-0.39, 0.29) is 12.3 Å². The molecule has 0 radical (unpaired) electrons. The fraction of sp³-hybridized carbons (Fsp3) is 0.273. The Morgan fingerprint density at radius 3 is 2.84 bits per heavy atom. The first-order chi connectivity index (χ1) is 9.08. The van der Waals surface area contributed by atoms with Crippen molar-refractivity contribution in [2.75, 3.05) is 6.61 Å². The van der Waals surface area contributed by atoms with E-state index in [0.717, 1.165) is 0 Å². The maximum absolute atomic E-state index is 11.5. The number of ether oxygens (including phenoxy) is 1. The average molecular weight is 263 g/mol. The van der Waals surface area contributed by atoms with Gasteiger partial charge in [-0.25, -0.2) is 9.48 Å². The molecule has 7 nitrogen and oxygen atoms in total. The molecule has 0 atom stereocenters. The molecule has 0 aliphatic rings. The molecule has 1 aromatic carbocycles. The van der Waals surface area contributed by atoms with Gasteiger partial charge in [-0.2, -0.15) is 5.10 Å². The monoisotopic (exact) mass is 263 g/mol. The summed E-state index contributed by atoms with van der Waals surface area (Å²) >= 11 is 0. The molecule has 0 fully saturated rings. The van der Waals surface area contributed by atoms with Crippen LogP contribution in [-0.4, -0.2) is 38.1 Å². The van der Waals surface area contributed by atoms with Crippen molar-refractivity contribution in [2.45, 2.75) is 6.54 Å². The molecule has 19 heavy (non-hydrogen) atoms. The van der Waals surface area contributed by atoms with Crippen LogP contribution in [0.1, 0.15) is 0 Å². The van der Waals surface area contributed by atoms with Crippen LogP contribution in [0.3, 0.4) is 0 Å². The first kappa shape index (κ1) is 13.4. The minimum atomic E-state index is -1.53. The Labute approximate surface area is 109 Å². The van der Waals surface area contributed by atoms with Gasteiger partial charge in [0.2, 0.25) is 0 Å². The van der Waals surface area contributed by atoms with Gasteiger partial charge in [0.15, 0.2) is 0 Å². The minimum Gasteiger partial charge on any atom is -0.492 e. The van der Waals surface area contributed by atoms with Crippen molar-refractivity contribution in [3.8, 4) is 5.75 Å². The van der Waals surface area contributed by atoms with E-state index in [4.69, 9.17) is 14.8 Å². The maximum Gasteiger partial charge on any atom is 0.488 e. The summed E-state index contributed by atoms with van der Waals surface area (Å²) in [5.41, 5.74) is 0.149. The molecule has 0 unspecified atom stereocenters. The van der Waals surface area contributed by atoms with Crippen LogP contribution in [0.4, 0.5) is 0 Å². The molecule has 2 aromatic rings. The number of hydrogen-bond acceptors (Lipinski definition) is 5. The average Bonchev–Trinajstić information content (AvgIpc) is 2.71. The zero-order valence-electron chi connectivity index (χ0n) is 10.4. The van der Waals surface area contributed by atoms with Gasteiger partial charge in [0, 0.05) is 7.05 Å². The molecule has 0 aliphatic heterocycles. The predicted molar refractivity (Wildman–Crippen MR) is 69.2 cm³/mol. The van der Waals surface area contributed by atoms with Crippen LogP contribution in [0.25, 0.3) is 0 Å². The number of nitrogens with zero attached hydrogens (tertiary/aromatic N) is 3. The highest BCUT2D eigenvalue weighted by Gasteiger charge is 2.11. The second-order valence-electron chi connectivity index (χ2n) is 4.04. The molecule has 0 aliphatic carbocycles. The zero-order valence-corrected chi connectivity index (χ0v) is 10.4. The molecule has 0 amide bonds. The van der Waals surface area contributed by atoms with Crippen molar-refractivity contribution in [2.24, 2.45) is 7.05 Å². The van der Waals surface area contributed by atoms with Gasteiger partial charge in [0.1, 0.15) is 18.7 Å². The smallest absolute Gasteiger partial charge is 0.488 e. The quantitative estimate of drug-likeness (QED) is 0.630. The van der Waals surface area contributed by atoms with Gasteiger partial charge in [-0.05, 0) is 17.6 Å². The van der Waals surface area contributed by atoms with E-state index in [1.165, 1.54) is 21.6 Å². The molecule has 1 aromatic heterocycles. The van der Waals surface area contributed by atoms with Gasteiger partial charge >= 0.3 is 12.8 Å². The highest BCUT2D eigenvalue weighted by atomic mass is 16.5. The van der Waals surface area contributed by atoms with Crippen molar-refractivity contribution < 1.29 is 14.8 Å². The van der Waals surface area contributed by atoms with E-state index in [1.54, 1.807) is 25.2 Å². The van der Waals surface area contributed by atoms with Crippen molar-refractivity contribution >= 4 is 12.6 Å². The summed E-state index contributed by atoms with van der Waals surface area (Å²) in [4.78, 5) is 11.5. The van der Waals surface area contributed by atoms with Gasteiger partial charge in [0.25, 0.3) is 0 Å². The van der Waals surface area contributed by atoms with Crippen molar-refractivity contribution in [3.63, 3.8) is 0 Å². The summed E-state index contributed by atoms with van der Waals surface area (Å²) in [6.07, 6.45) is 1.44. The highest BCUT2D eigenvalue weighted by Crippen LogP contribution is 2.07. The SMILES string of the molecule is Cn1cnn(CCOc2cccc(B(O)O)c2)c1=O. The van der Waals surface area contributed by atoms with Gasteiger partial charge in [-0.3, -0.25) is 4.57 Å². The van der Waals surface area contributed by atoms with Gasteiger partial charge in [-0.1, -0.05) is 12.1 Å². The predicted octanol–water partition coefficient (Wildman–Crippen LogP) is -1.66. The lowest BCUT2D eigenvalue weighted by molar-refractivity contribution is 0.288. The Bertz CT molecular complexity index is 608.